The summed E-state index contributed by atoms with van der Waals surface area (Å²) in [6.45, 7) is 5.80. The molecule has 0 saturated heterocycles. The Balaban J connectivity index is 2.00. The molecule has 2 N–H and O–H groups in total. The molecule has 3 aromatic carbocycles. The number of benzene rings is 3. The van der Waals surface area contributed by atoms with Crippen LogP contribution in [-0.4, -0.2) is 11.9 Å². The fraction of sp³-hybridized carbons (Fsp3) is 0.130. The summed E-state index contributed by atoms with van der Waals surface area (Å²) in [4.78, 5) is 4.67. The van der Waals surface area contributed by atoms with Gasteiger partial charge in [0, 0.05) is 23.2 Å². The Kier molecular flexibility index (Phi) is 5.28. The minimum Gasteiger partial charge on any atom is -0.357 e. The molecule has 26 heavy (non-hydrogen) atoms. The lowest BCUT2D eigenvalue weighted by atomic mass is 10.0. The van der Waals surface area contributed by atoms with Crippen LogP contribution in [-0.2, 0) is 0 Å². The van der Waals surface area contributed by atoms with E-state index >= 15 is 0 Å². The maximum absolute atomic E-state index is 8.12. The molecular formula is C23H23N3. The van der Waals surface area contributed by atoms with Crippen LogP contribution in [0.5, 0.6) is 0 Å². The first-order valence-electron chi connectivity index (χ1n) is 8.67. The summed E-state index contributed by atoms with van der Waals surface area (Å²) in [7, 11) is 0. The number of para-hydroxylation sites is 1. The van der Waals surface area contributed by atoms with Gasteiger partial charge in [-0.2, -0.15) is 0 Å². The van der Waals surface area contributed by atoms with Crippen molar-refractivity contribution < 1.29 is 0 Å². The number of aliphatic imine (C=N–C) groups is 1. The number of allylic oxidation sites excluding steroid dienone is 2. The molecule has 0 saturated carbocycles. The second-order valence-corrected chi connectivity index (χ2v) is 6.37. The highest BCUT2D eigenvalue weighted by Crippen LogP contribution is 2.21. The molecule has 0 aliphatic rings. The van der Waals surface area contributed by atoms with Crippen molar-refractivity contribution in [2.45, 2.75) is 20.8 Å². The van der Waals surface area contributed by atoms with Crippen LogP contribution >= 0.6 is 0 Å². The van der Waals surface area contributed by atoms with Crippen molar-refractivity contribution in [1.82, 2.24) is 0 Å². The lowest BCUT2D eigenvalue weighted by Crippen LogP contribution is -2.05. The highest BCUT2D eigenvalue weighted by Gasteiger charge is 2.06. The summed E-state index contributed by atoms with van der Waals surface area (Å²) in [5, 5.41) is 13.8. The minimum absolute atomic E-state index is 0.431. The molecule has 0 bridgehead atoms. The Labute approximate surface area is 154 Å². The topological polar surface area (TPSA) is 48.2 Å². The lowest BCUT2D eigenvalue weighted by molar-refractivity contribution is 1.25. The van der Waals surface area contributed by atoms with E-state index in [4.69, 9.17) is 5.41 Å². The van der Waals surface area contributed by atoms with Gasteiger partial charge >= 0.3 is 0 Å². The zero-order chi connectivity index (χ0) is 18.5. The maximum Gasteiger partial charge on any atom is 0.102 e. The molecule has 3 nitrogen and oxygen atoms in total. The third-order valence-corrected chi connectivity index (χ3v) is 4.33. The first-order chi connectivity index (χ1) is 12.6. The van der Waals surface area contributed by atoms with Crippen molar-refractivity contribution >= 4 is 28.4 Å². The van der Waals surface area contributed by atoms with Crippen molar-refractivity contribution in [2.75, 3.05) is 5.32 Å². The number of anilines is 1. The number of nitrogens with zero attached hydrogens (tertiary/aromatic N) is 1. The summed E-state index contributed by atoms with van der Waals surface area (Å²) < 4.78 is 0. The monoisotopic (exact) mass is 341 g/mol. The molecule has 0 unspecified atom stereocenters. The summed E-state index contributed by atoms with van der Waals surface area (Å²) in [5.74, 6) is 0. The van der Waals surface area contributed by atoms with Gasteiger partial charge in [-0.15, -0.1) is 0 Å². The van der Waals surface area contributed by atoms with Crippen LogP contribution in [0.25, 0.3) is 10.8 Å². The molecule has 0 heterocycles. The SMILES string of the molecule is CC(=N)C(/N=C/c1c(C)ccc2ccccc12)=C(/C)Nc1ccccc1. The van der Waals surface area contributed by atoms with Crippen molar-refractivity contribution in [3.8, 4) is 0 Å². The van der Waals surface area contributed by atoms with Gasteiger partial charge in [0.25, 0.3) is 0 Å². The molecule has 0 amide bonds. The summed E-state index contributed by atoms with van der Waals surface area (Å²) in [5.41, 5.74) is 5.19. The third-order valence-electron chi connectivity index (χ3n) is 4.33. The van der Waals surface area contributed by atoms with Crippen LogP contribution in [0.1, 0.15) is 25.0 Å². The van der Waals surface area contributed by atoms with E-state index in [1.807, 2.05) is 55.6 Å². The second-order valence-electron chi connectivity index (χ2n) is 6.37. The van der Waals surface area contributed by atoms with E-state index in [2.05, 4.69) is 41.5 Å². The van der Waals surface area contributed by atoms with Crippen LogP contribution in [0.3, 0.4) is 0 Å². The van der Waals surface area contributed by atoms with Crippen molar-refractivity contribution in [1.29, 1.82) is 5.41 Å². The molecule has 3 heteroatoms. The van der Waals surface area contributed by atoms with Crippen molar-refractivity contribution in [3.63, 3.8) is 0 Å². The first-order valence-corrected chi connectivity index (χ1v) is 8.67. The van der Waals surface area contributed by atoms with E-state index < -0.39 is 0 Å². The zero-order valence-electron chi connectivity index (χ0n) is 15.4. The molecule has 3 rings (SSSR count). The van der Waals surface area contributed by atoms with E-state index in [1.54, 1.807) is 6.92 Å². The molecule has 0 aliphatic heterocycles. The second kappa shape index (κ2) is 7.79. The van der Waals surface area contributed by atoms with Gasteiger partial charge < -0.3 is 10.7 Å². The predicted octanol–water partition coefficient (Wildman–Crippen LogP) is 5.95. The molecule has 0 radical (unpaired) electrons. The van der Waals surface area contributed by atoms with Gasteiger partial charge in [-0.25, -0.2) is 0 Å². The predicted molar refractivity (Wildman–Crippen MR) is 112 cm³/mol. The Morgan fingerprint density at radius 3 is 2.35 bits per heavy atom. The standard InChI is InChI=1S/C23H23N3/c1-16-13-14-19-9-7-8-12-21(19)22(16)15-25-23(17(2)24)18(3)26-20-10-5-4-6-11-20/h4-15,24,26H,1-3H3/b23-18+,24-17?,25-15+. The van der Waals surface area contributed by atoms with Gasteiger partial charge in [-0.1, -0.05) is 54.6 Å². The summed E-state index contributed by atoms with van der Waals surface area (Å²) in [6, 6.07) is 22.5. The summed E-state index contributed by atoms with van der Waals surface area (Å²) >= 11 is 0. The lowest BCUT2D eigenvalue weighted by Gasteiger charge is -2.11. The number of fused-ring (bicyclic) bond motifs is 1. The number of rotatable bonds is 5. The molecule has 0 fully saturated rings. The van der Waals surface area contributed by atoms with Crippen LogP contribution in [0.15, 0.2) is 83.1 Å². The zero-order valence-corrected chi connectivity index (χ0v) is 15.4. The minimum atomic E-state index is 0.431. The summed E-state index contributed by atoms with van der Waals surface area (Å²) in [6.07, 6.45) is 1.88. The van der Waals surface area contributed by atoms with Crippen LogP contribution < -0.4 is 5.32 Å². The fourth-order valence-electron chi connectivity index (χ4n) is 2.98. The largest absolute Gasteiger partial charge is 0.357 e. The van der Waals surface area contributed by atoms with Gasteiger partial charge in [0.15, 0.2) is 0 Å². The Bertz CT molecular complexity index is 998. The smallest absolute Gasteiger partial charge is 0.102 e. The Hall–Kier alpha value is -3.20. The van der Waals surface area contributed by atoms with E-state index in [0.717, 1.165) is 16.9 Å². The van der Waals surface area contributed by atoms with E-state index in [9.17, 15) is 0 Å². The molecule has 130 valence electrons. The molecule has 0 aliphatic carbocycles. The van der Waals surface area contributed by atoms with Gasteiger partial charge in [-0.05, 0) is 49.2 Å². The Morgan fingerprint density at radius 1 is 0.923 bits per heavy atom. The average molecular weight is 341 g/mol. The van der Waals surface area contributed by atoms with Crippen molar-refractivity contribution in [3.05, 3.63) is 89.3 Å². The maximum atomic E-state index is 8.12. The van der Waals surface area contributed by atoms with Gasteiger partial charge in [-0.3, -0.25) is 4.99 Å². The number of nitrogens with one attached hydrogen (secondary N) is 2. The van der Waals surface area contributed by atoms with Crippen LogP contribution in [0.2, 0.25) is 0 Å². The third kappa shape index (κ3) is 3.89. The quantitative estimate of drug-likeness (QED) is 0.553. The first kappa shape index (κ1) is 17.6. The Morgan fingerprint density at radius 2 is 1.62 bits per heavy atom. The molecule has 0 atom stereocenters. The molecule has 3 aromatic rings. The highest BCUT2D eigenvalue weighted by molar-refractivity contribution is 6.04. The van der Waals surface area contributed by atoms with E-state index in [1.165, 1.54) is 16.3 Å². The molecular weight excluding hydrogens is 318 g/mol. The number of hydrogen-bond acceptors (Lipinski definition) is 3. The van der Waals surface area contributed by atoms with Crippen molar-refractivity contribution in [2.24, 2.45) is 4.99 Å². The highest BCUT2D eigenvalue weighted by atomic mass is 14.9. The normalized spacial score (nSPS) is 12.3. The van der Waals surface area contributed by atoms with Gasteiger partial charge in [0.05, 0.1) is 5.71 Å². The van der Waals surface area contributed by atoms with E-state index in [0.29, 0.717) is 11.4 Å². The van der Waals surface area contributed by atoms with E-state index in [-0.39, 0.29) is 0 Å². The van der Waals surface area contributed by atoms with Crippen LogP contribution in [0.4, 0.5) is 5.69 Å². The molecule has 0 aromatic heterocycles. The van der Waals surface area contributed by atoms with Gasteiger partial charge in [0.2, 0.25) is 0 Å². The average Bonchev–Trinajstić information content (AvgIpc) is 2.64. The van der Waals surface area contributed by atoms with Gasteiger partial charge in [0.1, 0.15) is 5.70 Å². The van der Waals surface area contributed by atoms with Crippen LogP contribution in [0, 0.1) is 12.3 Å². The molecule has 0 spiro atoms. The number of hydrogen-bond donors (Lipinski definition) is 2. The fourth-order valence-corrected chi connectivity index (χ4v) is 2.98. The number of aryl methyl sites for hydroxylation is 1.